The van der Waals surface area contributed by atoms with Gasteiger partial charge in [0, 0.05) is 19.3 Å². The molecule has 17 heavy (non-hydrogen) atoms. The largest absolute Gasteiger partial charge is 0.416 e. The molecule has 4 N–H and O–H groups in total. The molecule has 0 heterocycles. The van der Waals surface area contributed by atoms with Gasteiger partial charge in [-0.3, -0.25) is 0 Å². The lowest BCUT2D eigenvalue weighted by Gasteiger charge is -2.13. The number of anilines is 1. The standard InChI is InChI=1S/C10H12F3N3O/c1-15-9(17)16-7-3-2-6(5-14)8(4-7)10(11,12)13/h2-4H,5,14H2,1H3,(H2,15,16,17). The van der Waals surface area contributed by atoms with E-state index in [9.17, 15) is 18.0 Å². The van der Waals surface area contributed by atoms with Gasteiger partial charge < -0.3 is 16.4 Å². The summed E-state index contributed by atoms with van der Waals surface area (Å²) in [4.78, 5) is 11.0. The van der Waals surface area contributed by atoms with E-state index in [1.54, 1.807) is 0 Å². The number of rotatable bonds is 2. The molecule has 0 radical (unpaired) electrons. The van der Waals surface area contributed by atoms with Crippen molar-refractivity contribution in [3.8, 4) is 0 Å². The number of nitrogens with two attached hydrogens (primary N) is 1. The summed E-state index contributed by atoms with van der Waals surface area (Å²) in [5.74, 6) is 0. The molecule has 0 saturated carbocycles. The summed E-state index contributed by atoms with van der Waals surface area (Å²) in [6, 6.07) is 2.89. The van der Waals surface area contributed by atoms with E-state index in [0.717, 1.165) is 6.07 Å². The topological polar surface area (TPSA) is 67.2 Å². The number of halogens is 3. The molecule has 2 amide bonds. The van der Waals surface area contributed by atoms with Gasteiger partial charge in [0.25, 0.3) is 0 Å². The molecule has 1 aromatic carbocycles. The molecule has 0 unspecified atom stereocenters. The molecule has 7 heteroatoms. The number of hydrogen-bond donors (Lipinski definition) is 3. The second-order valence-corrected chi connectivity index (χ2v) is 3.28. The molecule has 0 spiro atoms. The third-order valence-corrected chi connectivity index (χ3v) is 2.12. The number of urea groups is 1. The predicted molar refractivity (Wildman–Crippen MR) is 57.4 cm³/mol. The Labute approximate surface area is 96.0 Å². The van der Waals surface area contributed by atoms with Crippen molar-refractivity contribution < 1.29 is 18.0 Å². The minimum absolute atomic E-state index is 0.0139. The van der Waals surface area contributed by atoms with E-state index in [2.05, 4.69) is 10.6 Å². The van der Waals surface area contributed by atoms with E-state index in [-0.39, 0.29) is 17.8 Å². The molecule has 94 valence electrons. The van der Waals surface area contributed by atoms with Crippen LogP contribution < -0.4 is 16.4 Å². The Hall–Kier alpha value is -1.76. The fourth-order valence-electron chi connectivity index (χ4n) is 1.29. The summed E-state index contributed by atoms with van der Waals surface area (Å²) >= 11 is 0. The molecule has 0 saturated heterocycles. The zero-order valence-corrected chi connectivity index (χ0v) is 9.06. The highest BCUT2D eigenvalue weighted by molar-refractivity contribution is 5.89. The number of benzene rings is 1. The molecule has 1 aromatic rings. The van der Waals surface area contributed by atoms with Crippen molar-refractivity contribution in [1.29, 1.82) is 0 Å². The van der Waals surface area contributed by atoms with E-state index in [4.69, 9.17) is 5.73 Å². The number of nitrogens with one attached hydrogen (secondary N) is 2. The zero-order chi connectivity index (χ0) is 13.1. The average molecular weight is 247 g/mol. The Balaban J connectivity index is 3.09. The summed E-state index contributed by atoms with van der Waals surface area (Å²) in [7, 11) is 1.37. The van der Waals surface area contributed by atoms with Crippen molar-refractivity contribution in [2.24, 2.45) is 5.73 Å². The van der Waals surface area contributed by atoms with Gasteiger partial charge in [-0.2, -0.15) is 13.2 Å². The summed E-state index contributed by atoms with van der Waals surface area (Å²) in [6.07, 6.45) is -4.49. The van der Waals surface area contributed by atoms with E-state index in [0.29, 0.717) is 0 Å². The van der Waals surface area contributed by atoms with Crippen LogP contribution in [0.15, 0.2) is 18.2 Å². The van der Waals surface area contributed by atoms with Crippen LogP contribution in [0.2, 0.25) is 0 Å². The first kappa shape index (κ1) is 13.3. The first-order valence-corrected chi connectivity index (χ1v) is 4.77. The van der Waals surface area contributed by atoms with Gasteiger partial charge in [-0.15, -0.1) is 0 Å². The Morgan fingerprint density at radius 2 is 2.06 bits per heavy atom. The van der Waals surface area contributed by atoms with Crippen molar-refractivity contribution in [2.45, 2.75) is 12.7 Å². The Bertz CT molecular complexity index is 418. The van der Waals surface area contributed by atoms with Gasteiger partial charge in [0.15, 0.2) is 0 Å². The smallest absolute Gasteiger partial charge is 0.341 e. The van der Waals surface area contributed by atoms with Crippen LogP contribution in [0, 0.1) is 0 Å². The summed E-state index contributed by atoms with van der Waals surface area (Å²) in [6.45, 7) is -0.213. The van der Waals surface area contributed by atoms with E-state index >= 15 is 0 Å². The highest BCUT2D eigenvalue weighted by Gasteiger charge is 2.33. The molecule has 0 bridgehead atoms. The molecule has 1 rings (SSSR count). The fraction of sp³-hybridized carbons (Fsp3) is 0.300. The summed E-state index contributed by atoms with van der Waals surface area (Å²) in [5.41, 5.74) is 4.44. The number of carbonyl (C=O) groups is 1. The maximum Gasteiger partial charge on any atom is 0.416 e. The van der Waals surface area contributed by atoms with E-state index in [1.807, 2.05) is 0 Å². The second-order valence-electron chi connectivity index (χ2n) is 3.28. The highest BCUT2D eigenvalue weighted by atomic mass is 19.4. The SMILES string of the molecule is CNC(=O)Nc1ccc(CN)c(C(F)(F)F)c1. The molecular weight excluding hydrogens is 235 g/mol. The van der Waals surface area contributed by atoms with Gasteiger partial charge >= 0.3 is 12.2 Å². The van der Waals surface area contributed by atoms with Gasteiger partial charge in [0.05, 0.1) is 5.56 Å². The quantitative estimate of drug-likeness (QED) is 0.747. The molecule has 0 atom stereocenters. The van der Waals surface area contributed by atoms with Gasteiger partial charge in [0.1, 0.15) is 0 Å². The lowest BCUT2D eigenvalue weighted by molar-refractivity contribution is -0.138. The minimum atomic E-state index is -4.49. The molecular formula is C10H12F3N3O. The molecule has 0 aromatic heterocycles. The molecule has 0 aliphatic carbocycles. The highest BCUT2D eigenvalue weighted by Crippen LogP contribution is 2.33. The van der Waals surface area contributed by atoms with Gasteiger partial charge in [0.2, 0.25) is 0 Å². The van der Waals surface area contributed by atoms with Crippen LogP contribution in [0.5, 0.6) is 0 Å². The van der Waals surface area contributed by atoms with Crippen molar-refractivity contribution >= 4 is 11.7 Å². The van der Waals surface area contributed by atoms with Crippen molar-refractivity contribution in [1.82, 2.24) is 5.32 Å². The Morgan fingerprint density at radius 1 is 1.41 bits per heavy atom. The lowest BCUT2D eigenvalue weighted by Crippen LogP contribution is -2.24. The summed E-state index contributed by atoms with van der Waals surface area (Å²) < 4.78 is 38.0. The van der Waals surface area contributed by atoms with Crippen molar-refractivity contribution in [2.75, 3.05) is 12.4 Å². The van der Waals surface area contributed by atoms with Gasteiger partial charge in [-0.1, -0.05) is 6.07 Å². The Morgan fingerprint density at radius 3 is 2.53 bits per heavy atom. The zero-order valence-electron chi connectivity index (χ0n) is 9.06. The van der Waals surface area contributed by atoms with Crippen LogP contribution in [0.3, 0.4) is 0 Å². The fourth-order valence-corrected chi connectivity index (χ4v) is 1.29. The van der Waals surface area contributed by atoms with Crippen molar-refractivity contribution in [3.05, 3.63) is 29.3 Å². The first-order chi connectivity index (χ1) is 7.88. The van der Waals surface area contributed by atoms with E-state index in [1.165, 1.54) is 19.2 Å². The molecule has 4 nitrogen and oxygen atoms in total. The number of hydrogen-bond acceptors (Lipinski definition) is 2. The average Bonchev–Trinajstić information content (AvgIpc) is 2.27. The normalized spacial score (nSPS) is 11.1. The molecule has 0 aliphatic rings. The molecule has 0 fully saturated rings. The lowest BCUT2D eigenvalue weighted by atomic mass is 10.1. The number of alkyl halides is 3. The van der Waals surface area contributed by atoms with Crippen LogP contribution in [0.1, 0.15) is 11.1 Å². The first-order valence-electron chi connectivity index (χ1n) is 4.77. The van der Waals surface area contributed by atoms with E-state index < -0.39 is 17.8 Å². The van der Waals surface area contributed by atoms with Crippen LogP contribution in [0.4, 0.5) is 23.7 Å². The van der Waals surface area contributed by atoms with Crippen LogP contribution in [-0.2, 0) is 12.7 Å². The van der Waals surface area contributed by atoms with Gasteiger partial charge in [-0.25, -0.2) is 4.79 Å². The molecule has 0 aliphatic heterocycles. The van der Waals surface area contributed by atoms with Crippen molar-refractivity contribution in [3.63, 3.8) is 0 Å². The van der Waals surface area contributed by atoms with Crippen LogP contribution in [0.25, 0.3) is 0 Å². The summed E-state index contributed by atoms with van der Waals surface area (Å²) in [5, 5.41) is 4.51. The van der Waals surface area contributed by atoms with Crippen LogP contribution in [-0.4, -0.2) is 13.1 Å². The number of carbonyl (C=O) groups excluding carboxylic acids is 1. The third kappa shape index (κ3) is 3.35. The third-order valence-electron chi connectivity index (χ3n) is 2.12. The van der Waals surface area contributed by atoms with Crippen LogP contribution >= 0.6 is 0 Å². The Kier molecular flexibility index (Phi) is 3.95. The maximum absolute atomic E-state index is 12.7. The van der Waals surface area contributed by atoms with Gasteiger partial charge in [-0.05, 0) is 17.7 Å². The second kappa shape index (κ2) is 5.05. The predicted octanol–water partition coefficient (Wildman–Crippen LogP) is 1.92. The number of amides is 2. The minimum Gasteiger partial charge on any atom is -0.341 e. The maximum atomic E-state index is 12.7. The monoisotopic (exact) mass is 247 g/mol.